The van der Waals surface area contributed by atoms with Gasteiger partial charge in [-0.15, -0.1) is 11.5 Å². The summed E-state index contributed by atoms with van der Waals surface area (Å²) in [4.78, 5) is 8.32. The van der Waals surface area contributed by atoms with E-state index in [0.29, 0.717) is 0 Å². The van der Waals surface area contributed by atoms with E-state index in [1.54, 1.807) is 10.8 Å². The second-order valence-corrected chi connectivity index (χ2v) is 0.615. The highest BCUT2D eigenvalue weighted by atomic mass is 35.5. The average molecular weight is 108 g/mol. The lowest BCUT2D eigenvalue weighted by molar-refractivity contribution is 1.80. The summed E-state index contributed by atoms with van der Waals surface area (Å²) in [7, 11) is 0. The molecule has 0 unspecified atom stereocenters. The molecule has 0 spiro atoms. The highest BCUT2D eigenvalue weighted by Crippen LogP contribution is 1.60. The molecule has 0 amide bonds. The van der Waals surface area contributed by atoms with Gasteiger partial charge < -0.3 is 0 Å². The summed E-state index contributed by atoms with van der Waals surface area (Å²) in [6, 6.07) is 0. The molecule has 6 heavy (non-hydrogen) atoms. The van der Waals surface area contributed by atoms with Gasteiger partial charge in [-0.2, -0.15) is 0 Å². The van der Waals surface area contributed by atoms with Crippen LogP contribution in [0.2, 0.25) is 0 Å². The third-order valence-electron chi connectivity index (χ3n) is 0. The van der Waals surface area contributed by atoms with Gasteiger partial charge >= 0.3 is 0 Å². The van der Waals surface area contributed by atoms with Crippen molar-refractivity contribution in [2.75, 3.05) is 0 Å². The van der Waals surface area contributed by atoms with Gasteiger partial charge in [-0.05, 0) is 6.92 Å². The Balaban J connectivity index is 0. The zero-order valence-electron chi connectivity index (χ0n) is 3.52. The maximum Gasteiger partial charge on any atom is 0.0835 e. The minimum absolute atomic E-state index is 1.72. The maximum absolute atomic E-state index is 8.32. The van der Waals surface area contributed by atoms with Crippen molar-refractivity contribution in [3.8, 4) is 0 Å². The molecule has 0 aliphatic carbocycles. The van der Waals surface area contributed by atoms with E-state index in [4.69, 9.17) is 4.91 Å². The number of nitrogens with zero attached hydrogens (tertiary/aromatic N) is 1. The lowest BCUT2D eigenvalue weighted by atomic mass is 10.8. The molecule has 0 rings (SSSR count). The largest absolute Gasteiger partial charge is 0.131 e. The molecule has 0 aromatic heterocycles. The van der Waals surface area contributed by atoms with Crippen molar-refractivity contribution in [2.24, 2.45) is 4.70 Å². The Morgan fingerprint density at radius 3 is 2.00 bits per heavy atom. The highest BCUT2D eigenvalue weighted by Gasteiger charge is 1.26. The summed E-state index contributed by atoms with van der Waals surface area (Å²) in [6.45, 7) is 5.25. The quantitative estimate of drug-likeness (QED) is 0.344. The first-order chi connectivity index (χ1) is 2.83. The normalized spacial score (nSPS) is 4.33. The SMILES string of the molecule is C=CC.O=NCl. The first-order valence-electron chi connectivity index (χ1n) is 1.34. The summed E-state index contributed by atoms with van der Waals surface area (Å²) in [5, 5.41) is 0. The van der Waals surface area contributed by atoms with Crippen LogP contribution in [0.25, 0.3) is 0 Å². The summed E-state index contributed by atoms with van der Waals surface area (Å²) < 4.78 is 1.72. The zero-order chi connectivity index (χ0) is 5.41. The average Bonchev–Trinajstić information content (AvgIpc) is 1.39. The molecular weight excluding hydrogens is 101 g/mol. The molecule has 0 aliphatic heterocycles. The van der Waals surface area contributed by atoms with Gasteiger partial charge in [0.15, 0.2) is 0 Å². The zero-order valence-corrected chi connectivity index (χ0v) is 4.27. The Hall–Kier alpha value is -0.370. The van der Waals surface area contributed by atoms with E-state index in [1.165, 1.54) is 0 Å². The van der Waals surface area contributed by atoms with Crippen molar-refractivity contribution in [3.05, 3.63) is 17.6 Å². The van der Waals surface area contributed by atoms with Crippen LogP contribution in [0.3, 0.4) is 0 Å². The Kier molecular flexibility index (Phi) is 35.1. The van der Waals surface area contributed by atoms with E-state index in [9.17, 15) is 0 Å². The first-order valence-corrected chi connectivity index (χ1v) is 1.68. The predicted molar refractivity (Wildman–Crippen MR) is 27.5 cm³/mol. The third-order valence-corrected chi connectivity index (χ3v) is 0. The van der Waals surface area contributed by atoms with E-state index < -0.39 is 0 Å². The van der Waals surface area contributed by atoms with Gasteiger partial charge in [0.05, 0.1) is 11.8 Å². The molecule has 0 N–H and O–H groups in total. The molecular formula is C3H6ClNO. The fourth-order valence-corrected chi connectivity index (χ4v) is 0. The minimum atomic E-state index is 1.72. The lowest BCUT2D eigenvalue weighted by Gasteiger charge is -1.31. The summed E-state index contributed by atoms with van der Waals surface area (Å²) in [5.74, 6) is 0. The smallest absolute Gasteiger partial charge is 0.0835 e. The fraction of sp³-hybridized carbons (Fsp3) is 0.333. The van der Waals surface area contributed by atoms with E-state index in [1.807, 2.05) is 6.92 Å². The van der Waals surface area contributed by atoms with Crippen LogP contribution < -0.4 is 0 Å². The molecule has 0 fully saturated rings. The number of hydrogen-bond donors (Lipinski definition) is 0. The molecule has 0 radical (unpaired) electrons. The molecule has 0 saturated carbocycles. The van der Waals surface area contributed by atoms with Gasteiger partial charge in [-0.25, -0.2) is 0 Å². The Morgan fingerprint density at radius 1 is 2.00 bits per heavy atom. The molecule has 2 nitrogen and oxygen atoms in total. The topological polar surface area (TPSA) is 29.4 Å². The predicted octanol–water partition coefficient (Wildman–Crippen LogP) is 2.10. The van der Waals surface area contributed by atoms with E-state index in [-0.39, 0.29) is 0 Å². The van der Waals surface area contributed by atoms with Crippen LogP contribution in [0.15, 0.2) is 17.4 Å². The molecule has 0 bridgehead atoms. The molecule has 0 aromatic carbocycles. The van der Waals surface area contributed by atoms with Crippen LogP contribution in [-0.4, -0.2) is 0 Å². The second kappa shape index (κ2) is 23.0. The van der Waals surface area contributed by atoms with E-state index in [0.717, 1.165) is 0 Å². The van der Waals surface area contributed by atoms with Crippen molar-refractivity contribution >= 4 is 11.8 Å². The van der Waals surface area contributed by atoms with Gasteiger partial charge in [-0.1, -0.05) is 6.08 Å². The van der Waals surface area contributed by atoms with E-state index in [2.05, 4.69) is 18.4 Å². The van der Waals surface area contributed by atoms with Crippen molar-refractivity contribution < 1.29 is 0 Å². The number of halogens is 1. The van der Waals surface area contributed by atoms with Crippen LogP contribution in [0.1, 0.15) is 6.92 Å². The van der Waals surface area contributed by atoms with Gasteiger partial charge in [-0.3, -0.25) is 0 Å². The molecule has 0 atom stereocenters. The van der Waals surface area contributed by atoms with Crippen molar-refractivity contribution in [3.63, 3.8) is 0 Å². The van der Waals surface area contributed by atoms with Crippen molar-refractivity contribution in [1.82, 2.24) is 0 Å². The number of nitroso groups, excluding NO2 is 1. The van der Waals surface area contributed by atoms with Crippen LogP contribution in [0, 0.1) is 4.91 Å². The van der Waals surface area contributed by atoms with Crippen molar-refractivity contribution in [1.29, 1.82) is 0 Å². The van der Waals surface area contributed by atoms with E-state index >= 15 is 0 Å². The third kappa shape index (κ3) is 183. The minimum Gasteiger partial charge on any atom is -0.131 e. The molecule has 3 heteroatoms. The van der Waals surface area contributed by atoms with Gasteiger partial charge in [0.1, 0.15) is 0 Å². The van der Waals surface area contributed by atoms with Crippen LogP contribution in [0.5, 0.6) is 0 Å². The molecule has 0 aromatic rings. The monoisotopic (exact) mass is 107 g/mol. The van der Waals surface area contributed by atoms with Crippen molar-refractivity contribution in [2.45, 2.75) is 6.92 Å². The Labute approximate surface area is 41.9 Å². The van der Waals surface area contributed by atoms with Crippen LogP contribution in [-0.2, 0) is 0 Å². The van der Waals surface area contributed by atoms with Crippen LogP contribution >= 0.6 is 11.8 Å². The number of hydrogen-bond acceptors (Lipinski definition) is 2. The first kappa shape index (κ1) is 9.16. The van der Waals surface area contributed by atoms with Gasteiger partial charge in [0.25, 0.3) is 0 Å². The van der Waals surface area contributed by atoms with Gasteiger partial charge in [0, 0.05) is 4.70 Å². The number of allylic oxidation sites excluding steroid dienone is 1. The fourth-order valence-electron chi connectivity index (χ4n) is 0. The molecule has 0 aliphatic rings. The Bertz CT molecular complexity index is 31.8. The summed E-state index contributed by atoms with van der Waals surface area (Å²) >= 11 is 4.07. The second-order valence-electron chi connectivity index (χ2n) is 0.477. The molecule has 0 heterocycles. The molecule has 36 valence electrons. The maximum atomic E-state index is 8.32. The lowest BCUT2D eigenvalue weighted by Crippen LogP contribution is -1.07. The summed E-state index contributed by atoms with van der Waals surface area (Å²) in [5.41, 5.74) is 0. The molecule has 0 saturated heterocycles. The van der Waals surface area contributed by atoms with Gasteiger partial charge in [0.2, 0.25) is 0 Å². The highest BCUT2D eigenvalue weighted by molar-refractivity contribution is 6.14. The van der Waals surface area contributed by atoms with Crippen LogP contribution in [0.4, 0.5) is 0 Å². The Morgan fingerprint density at radius 2 is 2.00 bits per heavy atom. The number of rotatable bonds is 0. The standard InChI is InChI=1S/C3H6.ClNO/c1-3-2;1-2-3/h3H,1H2,2H3;. The summed E-state index contributed by atoms with van der Waals surface area (Å²) in [6.07, 6.45) is 1.75.